The summed E-state index contributed by atoms with van der Waals surface area (Å²) in [5.41, 5.74) is 1.40. The van der Waals surface area contributed by atoms with Crippen molar-refractivity contribution < 1.29 is 22.7 Å². The van der Waals surface area contributed by atoms with Gasteiger partial charge >= 0.3 is 6.18 Å². The van der Waals surface area contributed by atoms with Crippen LogP contribution in [0.4, 0.5) is 13.2 Å². The lowest BCUT2D eigenvalue weighted by Crippen LogP contribution is -2.05. The molecule has 0 saturated carbocycles. The van der Waals surface area contributed by atoms with Crippen LogP contribution in [0.1, 0.15) is 29.7 Å². The minimum Gasteiger partial charge on any atom is -0.460 e. The predicted molar refractivity (Wildman–Crippen MR) is 85.8 cm³/mol. The molecule has 0 fully saturated rings. The Morgan fingerprint density at radius 1 is 1.24 bits per heavy atom. The van der Waals surface area contributed by atoms with Gasteiger partial charge in [0.05, 0.1) is 5.56 Å². The number of hydrogen-bond donors (Lipinski definition) is 0. The summed E-state index contributed by atoms with van der Waals surface area (Å²) in [6.45, 7) is 2.39. The first kappa shape index (κ1) is 17.0. The molecule has 7 heteroatoms. The molecule has 0 amide bonds. The Morgan fingerprint density at radius 3 is 2.60 bits per heavy atom. The molecule has 4 nitrogen and oxygen atoms in total. The van der Waals surface area contributed by atoms with Gasteiger partial charge in [0, 0.05) is 41.6 Å². The van der Waals surface area contributed by atoms with Gasteiger partial charge in [-0.15, -0.1) is 0 Å². The largest absolute Gasteiger partial charge is 0.460 e. The quantitative estimate of drug-likeness (QED) is 0.645. The van der Waals surface area contributed by atoms with E-state index in [0.717, 1.165) is 17.7 Å². The van der Waals surface area contributed by atoms with E-state index in [9.17, 15) is 18.0 Å². The van der Waals surface area contributed by atoms with Gasteiger partial charge in [-0.05, 0) is 42.8 Å². The van der Waals surface area contributed by atoms with Crippen molar-refractivity contribution in [1.29, 1.82) is 0 Å². The van der Waals surface area contributed by atoms with Gasteiger partial charge in [-0.25, -0.2) is 0 Å². The van der Waals surface area contributed by atoms with E-state index in [-0.39, 0.29) is 0 Å². The molecule has 0 N–H and O–H groups in total. The van der Waals surface area contributed by atoms with Gasteiger partial charge in [0.1, 0.15) is 6.10 Å². The zero-order valence-electron chi connectivity index (χ0n) is 13.3. The van der Waals surface area contributed by atoms with Crippen molar-refractivity contribution in [2.45, 2.75) is 25.7 Å². The summed E-state index contributed by atoms with van der Waals surface area (Å²) in [5, 5.41) is 0.415. The Morgan fingerprint density at radius 2 is 1.96 bits per heavy atom. The third-order valence-electron chi connectivity index (χ3n) is 4.04. The van der Waals surface area contributed by atoms with Crippen molar-refractivity contribution in [2.24, 2.45) is 0 Å². The first-order valence-electron chi connectivity index (χ1n) is 7.58. The van der Waals surface area contributed by atoms with E-state index in [0.29, 0.717) is 29.5 Å². The summed E-state index contributed by atoms with van der Waals surface area (Å²) in [6.07, 6.45) is -0.0570. The molecule has 0 aliphatic heterocycles. The second-order valence-electron chi connectivity index (χ2n) is 5.67. The zero-order valence-corrected chi connectivity index (χ0v) is 13.3. The molecular formula is C18H15F3N2O2. The standard InChI is InChI=1S/C18H15F3N2O2/c1-12(25-11-24)16-10-23(9-13-4-6-22-7-5-13)17-3-2-14(8-15(16)17)18(19,20)21/h2-8,10-12H,9H2,1H3. The molecule has 1 unspecified atom stereocenters. The van der Waals surface area contributed by atoms with Gasteiger partial charge in [0.15, 0.2) is 0 Å². The highest BCUT2D eigenvalue weighted by molar-refractivity contribution is 5.85. The number of ether oxygens (including phenoxy) is 1. The van der Waals surface area contributed by atoms with E-state index in [1.54, 1.807) is 25.5 Å². The van der Waals surface area contributed by atoms with Crippen LogP contribution in [-0.4, -0.2) is 16.0 Å². The number of carbonyl (C=O) groups is 1. The van der Waals surface area contributed by atoms with Crippen molar-refractivity contribution in [3.05, 3.63) is 65.6 Å². The number of halogens is 3. The van der Waals surface area contributed by atoms with Crippen LogP contribution in [0.15, 0.2) is 48.9 Å². The van der Waals surface area contributed by atoms with Crippen LogP contribution < -0.4 is 0 Å². The maximum Gasteiger partial charge on any atom is 0.416 e. The molecule has 0 radical (unpaired) electrons. The molecule has 130 valence electrons. The van der Waals surface area contributed by atoms with Crippen LogP contribution in [0.5, 0.6) is 0 Å². The molecule has 1 aromatic carbocycles. The Balaban J connectivity index is 2.13. The highest BCUT2D eigenvalue weighted by Crippen LogP contribution is 2.35. The van der Waals surface area contributed by atoms with Crippen LogP contribution in [0.25, 0.3) is 10.9 Å². The molecule has 2 aromatic heterocycles. The van der Waals surface area contributed by atoms with Crippen LogP contribution >= 0.6 is 0 Å². The number of pyridine rings is 1. The van der Waals surface area contributed by atoms with E-state index < -0.39 is 17.8 Å². The van der Waals surface area contributed by atoms with Crippen LogP contribution in [-0.2, 0) is 22.3 Å². The maximum absolute atomic E-state index is 13.0. The van der Waals surface area contributed by atoms with Gasteiger partial charge in [0.25, 0.3) is 6.47 Å². The first-order chi connectivity index (χ1) is 11.9. The first-order valence-corrected chi connectivity index (χ1v) is 7.58. The topological polar surface area (TPSA) is 44.1 Å². The molecule has 0 bridgehead atoms. The van der Waals surface area contributed by atoms with E-state index in [4.69, 9.17) is 4.74 Å². The van der Waals surface area contributed by atoms with E-state index in [1.165, 1.54) is 6.07 Å². The van der Waals surface area contributed by atoms with Crippen molar-refractivity contribution in [2.75, 3.05) is 0 Å². The molecule has 3 rings (SSSR count). The van der Waals surface area contributed by atoms with Gasteiger partial charge < -0.3 is 9.30 Å². The van der Waals surface area contributed by atoms with Crippen molar-refractivity contribution >= 4 is 17.4 Å². The number of alkyl halides is 3. The number of aromatic nitrogens is 2. The van der Waals surface area contributed by atoms with Gasteiger partial charge in [-0.1, -0.05) is 0 Å². The average molecular weight is 348 g/mol. The number of hydrogen-bond acceptors (Lipinski definition) is 3. The third-order valence-corrected chi connectivity index (χ3v) is 4.04. The summed E-state index contributed by atoms with van der Waals surface area (Å²) >= 11 is 0. The number of benzene rings is 1. The molecule has 0 saturated heterocycles. The molecular weight excluding hydrogens is 333 g/mol. The summed E-state index contributed by atoms with van der Waals surface area (Å²) in [6, 6.07) is 7.26. The normalized spacial score (nSPS) is 13.0. The molecule has 0 aliphatic rings. The second kappa shape index (κ2) is 6.58. The third kappa shape index (κ3) is 3.50. The number of rotatable bonds is 5. The van der Waals surface area contributed by atoms with E-state index in [2.05, 4.69) is 4.98 Å². The Bertz CT molecular complexity index is 888. The van der Waals surface area contributed by atoms with E-state index in [1.807, 2.05) is 16.7 Å². The maximum atomic E-state index is 13.0. The molecule has 0 aliphatic carbocycles. The molecule has 1 atom stereocenters. The van der Waals surface area contributed by atoms with Crippen molar-refractivity contribution in [3.8, 4) is 0 Å². The van der Waals surface area contributed by atoms with Gasteiger partial charge in [-0.2, -0.15) is 13.2 Å². The molecule has 3 aromatic rings. The van der Waals surface area contributed by atoms with Crippen LogP contribution in [0.2, 0.25) is 0 Å². The number of fused-ring (bicyclic) bond motifs is 1. The van der Waals surface area contributed by atoms with Gasteiger partial charge in [-0.3, -0.25) is 9.78 Å². The van der Waals surface area contributed by atoms with Crippen LogP contribution in [0.3, 0.4) is 0 Å². The summed E-state index contributed by atoms with van der Waals surface area (Å²) in [4.78, 5) is 14.6. The Hall–Kier alpha value is -2.83. The summed E-state index contributed by atoms with van der Waals surface area (Å²) < 4.78 is 45.9. The highest BCUT2D eigenvalue weighted by Gasteiger charge is 2.31. The lowest BCUT2D eigenvalue weighted by Gasteiger charge is -2.10. The minimum absolute atomic E-state index is 0.296. The predicted octanol–water partition coefficient (Wildman–Crippen LogP) is 4.34. The lowest BCUT2D eigenvalue weighted by molar-refractivity contribution is -0.137. The minimum atomic E-state index is -4.44. The average Bonchev–Trinajstić information content (AvgIpc) is 2.93. The highest BCUT2D eigenvalue weighted by atomic mass is 19.4. The van der Waals surface area contributed by atoms with Crippen molar-refractivity contribution in [1.82, 2.24) is 9.55 Å². The fraction of sp³-hybridized carbons (Fsp3) is 0.222. The molecule has 0 spiro atoms. The Labute approximate surface area is 141 Å². The van der Waals surface area contributed by atoms with Crippen LogP contribution in [0, 0.1) is 0 Å². The Kier molecular flexibility index (Phi) is 4.48. The van der Waals surface area contributed by atoms with Crippen molar-refractivity contribution in [3.63, 3.8) is 0 Å². The van der Waals surface area contributed by atoms with Gasteiger partial charge in [0.2, 0.25) is 0 Å². The molecule has 2 heterocycles. The lowest BCUT2D eigenvalue weighted by atomic mass is 10.1. The zero-order chi connectivity index (χ0) is 18.0. The summed E-state index contributed by atoms with van der Waals surface area (Å²) in [7, 11) is 0. The summed E-state index contributed by atoms with van der Waals surface area (Å²) in [5.74, 6) is 0. The fourth-order valence-corrected chi connectivity index (χ4v) is 2.80. The molecule has 25 heavy (non-hydrogen) atoms. The fourth-order valence-electron chi connectivity index (χ4n) is 2.80. The smallest absolute Gasteiger partial charge is 0.416 e. The monoisotopic (exact) mass is 348 g/mol. The second-order valence-corrected chi connectivity index (χ2v) is 5.67. The SMILES string of the molecule is CC(OC=O)c1cn(Cc2ccncc2)c2ccc(C(F)(F)F)cc12. The number of nitrogens with zero attached hydrogens (tertiary/aromatic N) is 2. The number of carbonyl (C=O) groups excluding carboxylic acids is 1. The van der Waals surface area contributed by atoms with E-state index >= 15 is 0 Å².